The summed E-state index contributed by atoms with van der Waals surface area (Å²) in [5.74, 6) is -2.16. The summed E-state index contributed by atoms with van der Waals surface area (Å²) in [5, 5.41) is 0. The Morgan fingerprint density at radius 2 is 2.06 bits per heavy atom. The van der Waals surface area contributed by atoms with E-state index in [1.54, 1.807) is 0 Å². The molecule has 0 radical (unpaired) electrons. The first kappa shape index (κ1) is 13.5. The molecule has 6 heteroatoms. The van der Waals surface area contributed by atoms with Gasteiger partial charge in [0.2, 0.25) is 0 Å². The van der Waals surface area contributed by atoms with E-state index in [0.29, 0.717) is 0 Å². The highest BCUT2D eigenvalue weighted by Gasteiger charge is 2.50. The van der Waals surface area contributed by atoms with Crippen LogP contribution in [-0.4, -0.2) is 26.0 Å². The number of hydrogen-bond acceptors (Lipinski definition) is 3. The number of halogens is 3. The van der Waals surface area contributed by atoms with Gasteiger partial charge in [0.05, 0.1) is 7.11 Å². The molecule has 1 aromatic rings. The van der Waals surface area contributed by atoms with Gasteiger partial charge < -0.3 is 10.5 Å². The Morgan fingerprint density at radius 3 is 2.47 bits per heavy atom. The molecule has 0 aliphatic heterocycles. The third kappa shape index (κ3) is 2.12. The van der Waals surface area contributed by atoms with Crippen molar-refractivity contribution in [3.8, 4) is 0 Å². The Hall–Kier alpha value is -1.56. The Kier molecular flexibility index (Phi) is 4.11. The molecule has 0 fully saturated rings. The summed E-state index contributed by atoms with van der Waals surface area (Å²) in [6.07, 6.45) is -3.16. The van der Waals surface area contributed by atoms with Gasteiger partial charge in [0.25, 0.3) is 6.43 Å². The molecule has 2 N–H and O–H groups in total. The van der Waals surface area contributed by atoms with Crippen molar-refractivity contribution in [3.05, 3.63) is 35.6 Å². The van der Waals surface area contributed by atoms with Crippen molar-refractivity contribution in [2.24, 2.45) is 5.73 Å². The number of esters is 1. The van der Waals surface area contributed by atoms with E-state index in [0.717, 1.165) is 19.2 Å². The second-order valence-corrected chi connectivity index (χ2v) is 3.45. The molecule has 1 atom stereocenters. The second-order valence-electron chi connectivity index (χ2n) is 3.45. The van der Waals surface area contributed by atoms with Crippen LogP contribution >= 0.6 is 0 Å². The van der Waals surface area contributed by atoms with Gasteiger partial charge >= 0.3 is 5.97 Å². The van der Waals surface area contributed by atoms with Crippen molar-refractivity contribution in [1.82, 2.24) is 0 Å². The molecule has 0 amide bonds. The topological polar surface area (TPSA) is 52.3 Å². The molecule has 0 aliphatic carbocycles. The number of alkyl halides is 2. The molecule has 94 valence electrons. The van der Waals surface area contributed by atoms with Crippen LogP contribution in [0, 0.1) is 5.82 Å². The Labute approximate surface area is 96.4 Å². The van der Waals surface area contributed by atoms with Crippen LogP contribution in [0.4, 0.5) is 13.2 Å². The molecule has 0 aromatic heterocycles. The van der Waals surface area contributed by atoms with Gasteiger partial charge in [-0.05, 0) is 6.07 Å². The number of methoxy groups -OCH3 is 1. The molecule has 0 saturated carbocycles. The van der Waals surface area contributed by atoms with E-state index >= 15 is 0 Å². The van der Waals surface area contributed by atoms with Crippen LogP contribution < -0.4 is 5.73 Å². The highest BCUT2D eigenvalue weighted by atomic mass is 19.3. The number of rotatable bonds is 4. The van der Waals surface area contributed by atoms with Gasteiger partial charge in [0.1, 0.15) is 5.82 Å². The molecule has 0 saturated heterocycles. The van der Waals surface area contributed by atoms with Crippen LogP contribution in [-0.2, 0) is 14.9 Å². The van der Waals surface area contributed by atoms with Gasteiger partial charge in [-0.1, -0.05) is 18.2 Å². The summed E-state index contributed by atoms with van der Waals surface area (Å²) in [6, 6.07) is 4.79. The minimum absolute atomic E-state index is 0.454. The maximum Gasteiger partial charge on any atom is 0.323 e. The minimum Gasteiger partial charge on any atom is -0.468 e. The lowest BCUT2D eigenvalue weighted by atomic mass is 9.80. The maximum atomic E-state index is 13.5. The molecule has 0 heterocycles. The number of carbonyl (C=O) groups excluding carboxylic acids is 1. The number of ether oxygens (including phenoxy) is 1. The van der Waals surface area contributed by atoms with E-state index in [2.05, 4.69) is 4.74 Å². The fourth-order valence-corrected chi connectivity index (χ4v) is 1.60. The average Bonchev–Trinajstić information content (AvgIpc) is 2.32. The van der Waals surface area contributed by atoms with E-state index in [-0.39, 0.29) is 0 Å². The molecule has 0 spiro atoms. The zero-order chi connectivity index (χ0) is 13.1. The van der Waals surface area contributed by atoms with Gasteiger partial charge in [0, 0.05) is 12.1 Å². The first-order valence-corrected chi connectivity index (χ1v) is 4.82. The highest BCUT2D eigenvalue weighted by Crippen LogP contribution is 2.33. The Morgan fingerprint density at radius 1 is 1.47 bits per heavy atom. The van der Waals surface area contributed by atoms with E-state index < -0.39 is 35.7 Å². The lowest BCUT2D eigenvalue weighted by Crippen LogP contribution is -2.50. The molecular weight excluding hydrogens is 235 g/mol. The quantitative estimate of drug-likeness (QED) is 0.819. The van der Waals surface area contributed by atoms with Gasteiger partial charge in [-0.3, -0.25) is 4.79 Å². The lowest BCUT2D eigenvalue weighted by molar-refractivity contribution is -0.154. The molecule has 1 unspecified atom stereocenters. The van der Waals surface area contributed by atoms with Crippen LogP contribution in [0.5, 0.6) is 0 Å². The van der Waals surface area contributed by atoms with Crippen LogP contribution in [0.1, 0.15) is 5.56 Å². The molecule has 17 heavy (non-hydrogen) atoms. The summed E-state index contributed by atoms with van der Waals surface area (Å²) in [4.78, 5) is 11.5. The van der Waals surface area contributed by atoms with Gasteiger partial charge in [-0.25, -0.2) is 13.2 Å². The van der Waals surface area contributed by atoms with E-state index in [4.69, 9.17) is 5.73 Å². The van der Waals surface area contributed by atoms with Crippen LogP contribution in [0.15, 0.2) is 24.3 Å². The highest BCUT2D eigenvalue weighted by molar-refractivity contribution is 5.84. The van der Waals surface area contributed by atoms with Crippen molar-refractivity contribution >= 4 is 5.97 Å². The summed E-state index contributed by atoms with van der Waals surface area (Å²) in [7, 11) is 0.954. The fourth-order valence-electron chi connectivity index (χ4n) is 1.60. The maximum absolute atomic E-state index is 13.5. The first-order valence-electron chi connectivity index (χ1n) is 4.82. The Balaban J connectivity index is 3.43. The monoisotopic (exact) mass is 247 g/mol. The van der Waals surface area contributed by atoms with Gasteiger partial charge in [0.15, 0.2) is 5.41 Å². The molecule has 0 bridgehead atoms. The fraction of sp³-hybridized carbons (Fsp3) is 0.364. The first-order chi connectivity index (χ1) is 8.00. The number of benzene rings is 1. The normalized spacial score (nSPS) is 14.5. The summed E-state index contributed by atoms with van der Waals surface area (Å²) in [5.41, 5.74) is 2.33. The molecule has 1 rings (SSSR count). The van der Waals surface area contributed by atoms with E-state index in [9.17, 15) is 18.0 Å². The third-order valence-corrected chi connectivity index (χ3v) is 2.60. The average molecular weight is 247 g/mol. The lowest BCUT2D eigenvalue weighted by Gasteiger charge is -2.29. The van der Waals surface area contributed by atoms with Crippen LogP contribution in [0.2, 0.25) is 0 Å². The zero-order valence-electron chi connectivity index (χ0n) is 9.12. The number of nitrogens with two attached hydrogens (primary N) is 1. The van der Waals surface area contributed by atoms with Gasteiger partial charge in [-0.15, -0.1) is 0 Å². The largest absolute Gasteiger partial charge is 0.468 e. The SMILES string of the molecule is COC(=O)C(CN)(c1ccccc1F)C(F)F. The number of hydrogen-bond donors (Lipinski definition) is 1. The summed E-state index contributed by atoms with van der Waals surface area (Å²) in [6.45, 7) is -0.738. The van der Waals surface area contributed by atoms with Crippen molar-refractivity contribution in [2.75, 3.05) is 13.7 Å². The predicted molar refractivity (Wildman–Crippen MR) is 55.2 cm³/mol. The standard InChI is InChI=1S/C11H12F3NO2/c1-17-10(16)11(6-15,9(13)14)7-4-2-3-5-8(7)12/h2-5,9H,6,15H2,1H3. The number of carbonyl (C=O) groups is 1. The smallest absolute Gasteiger partial charge is 0.323 e. The predicted octanol–water partition coefficient (Wildman–Crippen LogP) is 1.46. The van der Waals surface area contributed by atoms with Crippen molar-refractivity contribution in [2.45, 2.75) is 11.8 Å². The van der Waals surface area contributed by atoms with Crippen LogP contribution in [0.25, 0.3) is 0 Å². The van der Waals surface area contributed by atoms with Gasteiger partial charge in [-0.2, -0.15) is 0 Å². The van der Waals surface area contributed by atoms with E-state index in [1.165, 1.54) is 12.1 Å². The zero-order valence-corrected chi connectivity index (χ0v) is 9.12. The summed E-state index contributed by atoms with van der Waals surface area (Å²) >= 11 is 0. The van der Waals surface area contributed by atoms with Crippen molar-refractivity contribution < 1.29 is 22.7 Å². The van der Waals surface area contributed by atoms with Crippen molar-refractivity contribution in [1.29, 1.82) is 0 Å². The van der Waals surface area contributed by atoms with Crippen molar-refractivity contribution in [3.63, 3.8) is 0 Å². The molecule has 3 nitrogen and oxygen atoms in total. The third-order valence-electron chi connectivity index (χ3n) is 2.60. The Bertz CT molecular complexity index is 411. The van der Waals surface area contributed by atoms with E-state index in [1.807, 2.05) is 0 Å². The minimum atomic E-state index is -3.16. The molecular formula is C11H12F3NO2. The van der Waals surface area contributed by atoms with Crippen LogP contribution in [0.3, 0.4) is 0 Å². The molecule has 0 aliphatic rings. The molecule has 1 aromatic carbocycles. The second kappa shape index (κ2) is 5.18. The summed E-state index contributed by atoms with van der Waals surface area (Å²) < 4.78 is 44.1.